The summed E-state index contributed by atoms with van der Waals surface area (Å²) in [4.78, 5) is 15.8. The standard InChI is InChI=1S/C11H11BrN4O/c1-8-5-9(12)6-13-11(8)15-10(17)7-16-4-2-3-14-16/h2-6H,7H2,1H3,(H,13,15,17). The molecule has 0 radical (unpaired) electrons. The molecule has 0 fully saturated rings. The molecule has 0 aliphatic heterocycles. The average molecular weight is 295 g/mol. The van der Waals surface area contributed by atoms with Crippen LogP contribution in [-0.4, -0.2) is 20.7 Å². The van der Waals surface area contributed by atoms with Crippen LogP contribution in [0.25, 0.3) is 0 Å². The van der Waals surface area contributed by atoms with E-state index in [1.54, 1.807) is 29.3 Å². The molecule has 2 heterocycles. The van der Waals surface area contributed by atoms with Crippen molar-refractivity contribution in [3.05, 3.63) is 40.8 Å². The van der Waals surface area contributed by atoms with Crippen LogP contribution < -0.4 is 5.32 Å². The van der Waals surface area contributed by atoms with Crippen LogP contribution in [0.2, 0.25) is 0 Å². The smallest absolute Gasteiger partial charge is 0.247 e. The molecule has 2 aromatic rings. The minimum Gasteiger partial charge on any atom is -0.309 e. The maximum Gasteiger partial charge on any atom is 0.247 e. The molecule has 88 valence electrons. The van der Waals surface area contributed by atoms with Gasteiger partial charge < -0.3 is 5.32 Å². The van der Waals surface area contributed by atoms with Gasteiger partial charge in [-0.3, -0.25) is 9.48 Å². The van der Waals surface area contributed by atoms with Gasteiger partial charge in [0.1, 0.15) is 12.4 Å². The zero-order chi connectivity index (χ0) is 12.3. The summed E-state index contributed by atoms with van der Waals surface area (Å²) in [5, 5.41) is 6.71. The molecule has 0 aliphatic carbocycles. The first-order valence-corrected chi connectivity index (χ1v) is 5.84. The van der Waals surface area contributed by atoms with Crippen LogP contribution in [0, 0.1) is 6.92 Å². The van der Waals surface area contributed by atoms with E-state index in [9.17, 15) is 4.79 Å². The third-order valence-corrected chi connectivity index (χ3v) is 2.60. The Bertz CT molecular complexity index is 524. The van der Waals surface area contributed by atoms with Gasteiger partial charge in [0.05, 0.1) is 0 Å². The Kier molecular flexibility index (Phi) is 3.53. The number of carbonyl (C=O) groups excluding carboxylic acids is 1. The number of nitrogens with one attached hydrogen (secondary N) is 1. The number of halogens is 1. The van der Waals surface area contributed by atoms with Gasteiger partial charge in [0.15, 0.2) is 0 Å². The SMILES string of the molecule is Cc1cc(Br)cnc1NC(=O)Cn1cccn1. The van der Waals surface area contributed by atoms with Crippen LogP contribution in [0.15, 0.2) is 35.2 Å². The highest BCUT2D eigenvalue weighted by Gasteiger charge is 2.07. The number of anilines is 1. The van der Waals surface area contributed by atoms with Crippen molar-refractivity contribution < 1.29 is 4.79 Å². The summed E-state index contributed by atoms with van der Waals surface area (Å²) in [6.07, 6.45) is 5.02. The predicted molar refractivity (Wildman–Crippen MR) is 67.5 cm³/mol. The Morgan fingerprint density at radius 3 is 3.06 bits per heavy atom. The van der Waals surface area contributed by atoms with Crippen molar-refractivity contribution in [1.82, 2.24) is 14.8 Å². The minimum absolute atomic E-state index is 0.147. The molecule has 5 nitrogen and oxygen atoms in total. The van der Waals surface area contributed by atoms with Crippen molar-refractivity contribution in [2.24, 2.45) is 0 Å². The molecule has 1 N–H and O–H groups in total. The maximum atomic E-state index is 11.7. The minimum atomic E-state index is -0.147. The summed E-state index contributed by atoms with van der Waals surface area (Å²) in [7, 11) is 0. The molecule has 0 unspecified atom stereocenters. The first-order valence-electron chi connectivity index (χ1n) is 5.04. The Morgan fingerprint density at radius 2 is 2.41 bits per heavy atom. The molecule has 0 atom stereocenters. The second kappa shape index (κ2) is 5.09. The number of carbonyl (C=O) groups is 1. The number of hydrogen-bond donors (Lipinski definition) is 1. The molecule has 0 saturated carbocycles. The van der Waals surface area contributed by atoms with Crippen LogP contribution in [0.5, 0.6) is 0 Å². The van der Waals surface area contributed by atoms with Crippen molar-refractivity contribution in [3.8, 4) is 0 Å². The largest absolute Gasteiger partial charge is 0.309 e. The van der Waals surface area contributed by atoms with Gasteiger partial charge in [0.25, 0.3) is 0 Å². The fraction of sp³-hybridized carbons (Fsp3) is 0.182. The number of aryl methyl sites for hydroxylation is 1. The van der Waals surface area contributed by atoms with Crippen LogP contribution in [-0.2, 0) is 11.3 Å². The van der Waals surface area contributed by atoms with Gasteiger partial charge in [-0.15, -0.1) is 0 Å². The second-order valence-electron chi connectivity index (χ2n) is 3.57. The molecule has 0 bridgehead atoms. The number of pyridine rings is 1. The summed E-state index contributed by atoms with van der Waals surface area (Å²) in [5.41, 5.74) is 0.910. The molecule has 2 aromatic heterocycles. The zero-order valence-corrected chi connectivity index (χ0v) is 10.8. The van der Waals surface area contributed by atoms with E-state index in [0.717, 1.165) is 10.0 Å². The van der Waals surface area contributed by atoms with Crippen LogP contribution in [0.1, 0.15) is 5.56 Å². The zero-order valence-electron chi connectivity index (χ0n) is 9.22. The second-order valence-corrected chi connectivity index (χ2v) is 4.49. The Hall–Kier alpha value is -1.69. The Morgan fingerprint density at radius 1 is 1.59 bits per heavy atom. The van der Waals surface area contributed by atoms with Crippen molar-refractivity contribution >= 4 is 27.7 Å². The van der Waals surface area contributed by atoms with Crippen LogP contribution in [0.3, 0.4) is 0 Å². The quantitative estimate of drug-likeness (QED) is 0.942. The fourth-order valence-electron chi connectivity index (χ4n) is 1.38. The fourth-order valence-corrected chi connectivity index (χ4v) is 1.83. The van der Waals surface area contributed by atoms with E-state index in [0.29, 0.717) is 5.82 Å². The summed E-state index contributed by atoms with van der Waals surface area (Å²) in [6, 6.07) is 3.67. The summed E-state index contributed by atoms with van der Waals surface area (Å²) in [5.74, 6) is 0.428. The molecule has 0 saturated heterocycles. The van der Waals surface area contributed by atoms with Gasteiger partial charge in [0, 0.05) is 23.1 Å². The maximum absolute atomic E-state index is 11.7. The first kappa shape index (κ1) is 11.8. The molecule has 0 spiro atoms. The molecule has 0 aliphatic rings. The summed E-state index contributed by atoms with van der Waals surface area (Å²) in [6.45, 7) is 2.07. The highest BCUT2D eigenvalue weighted by molar-refractivity contribution is 9.10. The lowest BCUT2D eigenvalue weighted by atomic mass is 10.3. The lowest BCUT2D eigenvalue weighted by molar-refractivity contribution is -0.116. The highest BCUT2D eigenvalue weighted by Crippen LogP contribution is 2.16. The molecular formula is C11H11BrN4O. The molecule has 0 aromatic carbocycles. The van der Waals surface area contributed by atoms with E-state index < -0.39 is 0 Å². The van der Waals surface area contributed by atoms with Gasteiger partial charge in [0.2, 0.25) is 5.91 Å². The highest BCUT2D eigenvalue weighted by atomic mass is 79.9. The molecule has 2 rings (SSSR count). The van der Waals surface area contributed by atoms with E-state index in [2.05, 4.69) is 31.3 Å². The summed E-state index contributed by atoms with van der Waals surface area (Å²) >= 11 is 3.32. The molecule has 17 heavy (non-hydrogen) atoms. The molecule has 6 heteroatoms. The number of amides is 1. The third kappa shape index (κ3) is 3.13. The Labute approximate surface area is 107 Å². The number of rotatable bonds is 3. The van der Waals surface area contributed by atoms with Gasteiger partial charge in [-0.1, -0.05) is 0 Å². The van der Waals surface area contributed by atoms with E-state index in [1.165, 1.54) is 0 Å². The normalized spacial score (nSPS) is 10.2. The lowest BCUT2D eigenvalue weighted by Crippen LogP contribution is -2.20. The van der Waals surface area contributed by atoms with Gasteiger partial charge >= 0.3 is 0 Å². The van der Waals surface area contributed by atoms with Crippen molar-refractivity contribution in [3.63, 3.8) is 0 Å². The molecular weight excluding hydrogens is 284 g/mol. The van der Waals surface area contributed by atoms with Gasteiger partial charge in [-0.25, -0.2) is 4.98 Å². The monoisotopic (exact) mass is 294 g/mol. The van der Waals surface area contributed by atoms with Crippen molar-refractivity contribution in [1.29, 1.82) is 0 Å². The van der Waals surface area contributed by atoms with Crippen molar-refractivity contribution in [2.45, 2.75) is 13.5 Å². The van der Waals surface area contributed by atoms with Crippen LogP contribution >= 0.6 is 15.9 Å². The van der Waals surface area contributed by atoms with E-state index in [1.807, 2.05) is 13.0 Å². The average Bonchev–Trinajstić information content (AvgIpc) is 2.75. The van der Waals surface area contributed by atoms with Crippen LogP contribution in [0.4, 0.5) is 5.82 Å². The van der Waals surface area contributed by atoms with Crippen molar-refractivity contribution in [2.75, 3.05) is 5.32 Å². The first-order chi connectivity index (χ1) is 8.15. The topological polar surface area (TPSA) is 59.8 Å². The number of aromatic nitrogens is 3. The number of hydrogen-bond acceptors (Lipinski definition) is 3. The summed E-state index contributed by atoms with van der Waals surface area (Å²) < 4.78 is 2.45. The predicted octanol–water partition coefficient (Wildman–Crippen LogP) is 1.99. The van der Waals surface area contributed by atoms with E-state index in [-0.39, 0.29) is 12.5 Å². The number of nitrogens with zero attached hydrogens (tertiary/aromatic N) is 3. The van der Waals surface area contributed by atoms with E-state index in [4.69, 9.17) is 0 Å². The van der Waals surface area contributed by atoms with Gasteiger partial charge in [-0.2, -0.15) is 5.10 Å². The third-order valence-electron chi connectivity index (χ3n) is 2.17. The van der Waals surface area contributed by atoms with Gasteiger partial charge in [-0.05, 0) is 40.5 Å². The molecule has 1 amide bonds. The lowest BCUT2D eigenvalue weighted by Gasteiger charge is -2.07. The Balaban J connectivity index is 2.03. The van der Waals surface area contributed by atoms with E-state index >= 15 is 0 Å².